The molecule has 2 aromatic rings. The Morgan fingerprint density at radius 3 is 2.14 bits per heavy atom. The molecule has 0 bridgehead atoms. The second-order valence-corrected chi connectivity index (χ2v) is 9.41. The molecule has 1 heterocycles. The number of amides is 1. The molecule has 1 saturated heterocycles. The highest BCUT2D eigenvalue weighted by molar-refractivity contribution is 9.10. The van der Waals surface area contributed by atoms with Crippen LogP contribution in [0.4, 0.5) is 15.8 Å². The van der Waals surface area contributed by atoms with E-state index in [1.165, 1.54) is 12.1 Å². The fourth-order valence-electron chi connectivity index (χ4n) is 3.10. The molecular weight excluding hydrogens is 449 g/mol. The Morgan fingerprint density at radius 1 is 1.04 bits per heavy atom. The van der Waals surface area contributed by atoms with Gasteiger partial charge < -0.3 is 9.80 Å². The van der Waals surface area contributed by atoms with Crippen molar-refractivity contribution in [3.05, 3.63) is 58.8 Å². The van der Waals surface area contributed by atoms with Crippen molar-refractivity contribution in [1.82, 2.24) is 4.90 Å². The van der Waals surface area contributed by atoms with Gasteiger partial charge in [0.05, 0.1) is 11.9 Å². The zero-order chi connectivity index (χ0) is 20.3. The van der Waals surface area contributed by atoms with Gasteiger partial charge >= 0.3 is 0 Å². The summed E-state index contributed by atoms with van der Waals surface area (Å²) in [6.45, 7) is 1.93. The first-order valence-corrected chi connectivity index (χ1v) is 11.4. The van der Waals surface area contributed by atoms with Crippen molar-refractivity contribution in [2.75, 3.05) is 48.2 Å². The molecule has 0 aliphatic carbocycles. The molecule has 0 N–H and O–H groups in total. The summed E-state index contributed by atoms with van der Waals surface area (Å²) in [7, 11) is -3.60. The van der Waals surface area contributed by atoms with Crippen molar-refractivity contribution < 1.29 is 17.6 Å². The van der Waals surface area contributed by atoms with Gasteiger partial charge in [-0.1, -0.05) is 15.9 Å². The Bertz CT molecular complexity index is 928. The molecule has 1 fully saturated rings. The van der Waals surface area contributed by atoms with Crippen molar-refractivity contribution >= 4 is 43.2 Å². The van der Waals surface area contributed by atoms with Crippen molar-refractivity contribution in [2.45, 2.75) is 0 Å². The molecule has 0 atom stereocenters. The minimum atomic E-state index is -3.60. The SMILES string of the molecule is CS(=O)(=O)N(CC(=O)N1CCN(c2ccc(F)cc2)CC1)c1ccc(Br)cc1. The summed E-state index contributed by atoms with van der Waals surface area (Å²) in [5, 5.41) is 0. The van der Waals surface area contributed by atoms with E-state index in [1.54, 1.807) is 41.3 Å². The molecule has 3 rings (SSSR count). The monoisotopic (exact) mass is 469 g/mol. The smallest absolute Gasteiger partial charge is 0.243 e. The Kier molecular flexibility index (Phi) is 6.24. The number of halogens is 2. The molecule has 28 heavy (non-hydrogen) atoms. The Labute approximate surface area is 172 Å². The van der Waals surface area contributed by atoms with Crippen molar-refractivity contribution in [3.63, 3.8) is 0 Å². The average molecular weight is 470 g/mol. The lowest BCUT2D eigenvalue weighted by Crippen LogP contribution is -2.52. The van der Waals surface area contributed by atoms with Gasteiger partial charge in [-0.25, -0.2) is 12.8 Å². The van der Waals surface area contributed by atoms with Gasteiger partial charge in [0.1, 0.15) is 12.4 Å². The molecule has 0 spiro atoms. The van der Waals surface area contributed by atoms with Crippen LogP contribution in [0.1, 0.15) is 0 Å². The quantitative estimate of drug-likeness (QED) is 0.675. The molecule has 0 unspecified atom stereocenters. The maximum atomic E-state index is 13.1. The molecule has 0 saturated carbocycles. The molecule has 150 valence electrons. The Morgan fingerprint density at radius 2 is 1.61 bits per heavy atom. The lowest BCUT2D eigenvalue weighted by molar-refractivity contribution is -0.129. The molecule has 2 aromatic carbocycles. The van der Waals surface area contributed by atoms with Gasteiger partial charge in [0.15, 0.2) is 0 Å². The highest BCUT2D eigenvalue weighted by Crippen LogP contribution is 2.21. The summed E-state index contributed by atoms with van der Waals surface area (Å²) in [5.74, 6) is -0.529. The number of sulfonamides is 1. The molecule has 0 radical (unpaired) electrons. The third-order valence-corrected chi connectivity index (χ3v) is 6.29. The normalized spacial score (nSPS) is 14.8. The zero-order valence-corrected chi connectivity index (χ0v) is 17.8. The zero-order valence-electron chi connectivity index (χ0n) is 15.4. The standard InChI is InChI=1S/C19H21BrFN3O3S/c1-28(26,27)24(18-6-2-15(20)3-7-18)14-19(25)23-12-10-22(11-13-23)17-8-4-16(21)5-9-17/h2-9H,10-14H2,1H3. The van der Waals surface area contributed by atoms with Crippen molar-refractivity contribution in [3.8, 4) is 0 Å². The topological polar surface area (TPSA) is 60.9 Å². The number of hydrogen-bond acceptors (Lipinski definition) is 4. The number of nitrogens with zero attached hydrogens (tertiary/aromatic N) is 3. The van der Waals surface area contributed by atoms with E-state index in [9.17, 15) is 17.6 Å². The van der Waals surface area contributed by atoms with Crippen molar-refractivity contribution in [1.29, 1.82) is 0 Å². The fraction of sp³-hybridized carbons (Fsp3) is 0.316. The average Bonchev–Trinajstić information content (AvgIpc) is 2.67. The van der Waals surface area contributed by atoms with Crippen LogP contribution < -0.4 is 9.21 Å². The number of piperazine rings is 1. The second kappa shape index (κ2) is 8.48. The van der Waals surface area contributed by atoms with Crippen molar-refractivity contribution in [2.24, 2.45) is 0 Å². The van der Waals surface area contributed by atoms with Gasteiger partial charge in [0.25, 0.3) is 0 Å². The molecule has 1 aliphatic rings. The summed E-state index contributed by atoms with van der Waals surface area (Å²) >= 11 is 3.32. The number of anilines is 2. The van der Waals surface area contributed by atoms with E-state index < -0.39 is 10.0 Å². The molecule has 9 heteroatoms. The molecular formula is C19H21BrFN3O3S. The minimum absolute atomic E-state index is 0.239. The van der Waals surface area contributed by atoms with Crippen LogP contribution in [0, 0.1) is 5.82 Å². The number of carbonyl (C=O) groups excluding carboxylic acids is 1. The predicted molar refractivity (Wildman–Crippen MR) is 112 cm³/mol. The van der Waals surface area contributed by atoms with Crippen LogP contribution in [0.3, 0.4) is 0 Å². The first-order valence-electron chi connectivity index (χ1n) is 8.75. The lowest BCUT2D eigenvalue weighted by Gasteiger charge is -2.37. The summed E-state index contributed by atoms with van der Waals surface area (Å²) in [6, 6.07) is 13.0. The van der Waals surface area contributed by atoms with Gasteiger partial charge in [-0.2, -0.15) is 0 Å². The summed E-state index contributed by atoms with van der Waals surface area (Å²) in [4.78, 5) is 16.5. The van der Waals surface area contributed by atoms with E-state index in [-0.39, 0.29) is 18.3 Å². The van der Waals surface area contributed by atoms with Crippen LogP contribution in [-0.4, -0.2) is 58.2 Å². The maximum absolute atomic E-state index is 13.1. The molecule has 6 nitrogen and oxygen atoms in total. The number of carbonyl (C=O) groups is 1. The second-order valence-electron chi connectivity index (χ2n) is 6.59. The number of benzene rings is 2. The van der Waals surface area contributed by atoms with Crippen LogP contribution in [0.25, 0.3) is 0 Å². The van der Waals surface area contributed by atoms with E-state index in [2.05, 4.69) is 20.8 Å². The summed E-state index contributed by atoms with van der Waals surface area (Å²) in [6.07, 6.45) is 1.09. The minimum Gasteiger partial charge on any atom is -0.368 e. The van der Waals surface area contributed by atoms with Gasteiger partial charge in [-0.15, -0.1) is 0 Å². The Balaban J connectivity index is 1.65. The van der Waals surface area contributed by atoms with E-state index in [0.29, 0.717) is 31.9 Å². The van der Waals surface area contributed by atoms with Crippen LogP contribution in [-0.2, 0) is 14.8 Å². The fourth-order valence-corrected chi connectivity index (χ4v) is 4.21. The first kappa shape index (κ1) is 20.6. The lowest BCUT2D eigenvalue weighted by atomic mass is 10.2. The van der Waals surface area contributed by atoms with E-state index >= 15 is 0 Å². The van der Waals surface area contributed by atoms with Gasteiger partial charge in [-0.05, 0) is 48.5 Å². The summed E-state index contributed by atoms with van der Waals surface area (Å²) in [5.41, 5.74) is 1.35. The van der Waals surface area contributed by atoms with Gasteiger partial charge in [-0.3, -0.25) is 9.10 Å². The van der Waals surface area contributed by atoms with E-state index in [0.717, 1.165) is 20.7 Å². The maximum Gasteiger partial charge on any atom is 0.243 e. The largest absolute Gasteiger partial charge is 0.368 e. The molecule has 1 amide bonds. The van der Waals surface area contributed by atoms with Crippen LogP contribution in [0.2, 0.25) is 0 Å². The van der Waals surface area contributed by atoms with Gasteiger partial charge in [0.2, 0.25) is 15.9 Å². The van der Waals surface area contributed by atoms with E-state index in [1.807, 2.05) is 0 Å². The number of hydrogen-bond donors (Lipinski definition) is 0. The third-order valence-electron chi connectivity index (χ3n) is 4.62. The summed E-state index contributed by atoms with van der Waals surface area (Å²) < 4.78 is 39.4. The van der Waals surface area contributed by atoms with Gasteiger partial charge in [0, 0.05) is 36.3 Å². The number of rotatable bonds is 5. The third kappa shape index (κ3) is 5.02. The van der Waals surface area contributed by atoms with Crippen LogP contribution in [0.15, 0.2) is 53.0 Å². The highest BCUT2D eigenvalue weighted by atomic mass is 79.9. The first-order chi connectivity index (χ1) is 13.2. The van der Waals surface area contributed by atoms with Crippen LogP contribution in [0.5, 0.6) is 0 Å². The highest BCUT2D eigenvalue weighted by Gasteiger charge is 2.26. The molecule has 0 aromatic heterocycles. The van der Waals surface area contributed by atoms with Crippen LogP contribution >= 0.6 is 15.9 Å². The predicted octanol–water partition coefficient (Wildman–Crippen LogP) is 2.70. The molecule has 1 aliphatic heterocycles. The Hall–Kier alpha value is -2.13. The van der Waals surface area contributed by atoms with E-state index in [4.69, 9.17) is 0 Å².